The van der Waals surface area contributed by atoms with Gasteiger partial charge in [-0.1, -0.05) is 48.0 Å². The smallest absolute Gasteiger partial charge is 0.240 e. The standard InChI is InChI=1S/C31H34ClN5O2/c1-21(2)37-17-15-36(16-18-37)20-28(38)35(3)25-12-10-24(11-13-25)33-30(22-7-5-4-6-8-22)29-26-14-9-23(32)19-27(26)34-31(29)39/h4-14,19,21,34,39H,15-18,20H2,1-3H3. The van der Waals surface area contributed by atoms with Crippen molar-refractivity contribution in [2.24, 2.45) is 4.99 Å². The molecule has 1 aliphatic rings. The molecule has 1 fully saturated rings. The molecule has 1 aromatic heterocycles. The summed E-state index contributed by atoms with van der Waals surface area (Å²) < 4.78 is 0. The molecule has 0 radical (unpaired) electrons. The zero-order valence-electron chi connectivity index (χ0n) is 22.6. The number of benzene rings is 3. The number of aliphatic imine (C=N–C) groups is 1. The number of likely N-dealkylation sites (N-methyl/N-ethyl adjacent to an activating group) is 1. The van der Waals surface area contributed by atoms with Crippen LogP contribution < -0.4 is 4.90 Å². The van der Waals surface area contributed by atoms with Crippen LogP contribution in [0.5, 0.6) is 5.88 Å². The van der Waals surface area contributed by atoms with E-state index in [9.17, 15) is 9.90 Å². The third-order valence-corrected chi connectivity index (χ3v) is 7.61. The quantitative estimate of drug-likeness (QED) is 0.294. The number of halogens is 1. The van der Waals surface area contributed by atoms with Crippen LogP contribution >= 0.6 is 11.6 Å². The number of fused-ring (bicyclic) bond motifs is 1. The Balaban J connectivity index is 1.38. The van der Waals surface area contributed by atoms with Gasteiger partial charge in [-0.05, 0) is 50.2 Å². The Kier molecular flexibility index (Phi) is 8.02. The molecule has 4 aromatic rings. The van der Waals surface area contributed by atoms with E-state index < -0.39 is 0 Å². The number of aromatic hydroxyl groups is 1. The molecule has 8 heteroatoms. The summed E-state index contributed by atoms with van der Waals surface area (Å²) in [5.41, 5.74) is 4.38. The highest BCUT2D eigenvalue weighted by atomic mass is 35.5. The lowest BCUT2D eigenvalue weighted by Gasteiger charge is -2.37. The van der Waals surface area contributed by atoms with Gasteiger partial charge in [0.25, 0.3) is 0 Å². The van der Waals surface area contributed by atoms with E-state index in [1.54, 1.807) is 17.0 Å². The normalized spacial score (nSPS) is 15.3. The zero-order valence-corrected chi connectivity index (χ0v) is 23.3. The van der Waals surface area contributed by atoms with Crippen molar-refractivity contribution in [1.82, 2.24) is 14.8 Å². The summed E-state index contributed by atoms with van der Waals surface area (Å²) in [5.74, 6) is 0.0997. The Hall–Kier alpha value is -3.65. The van der Waals surface area contributed by atoms with Crippen molar-refractivity contribution in [3.8, 4) is 5.88 Å². The monoisotopic (exact) mass is 543 g/mol. The largest absolute Gasteiger partial charge is 0.494 e. The van der Waals surface area contributed by atoms with Gasteiger partial charge in [0.15, 0.2) is 5.88 Å². The third-order valence-electron chi connectivity index (χ3n) is 7.37. The van der Waals surface area contributed by atoms with Crippen molar-refractivity contribution >= 4 is 45.5 Å². The highest BCUT2D eigenvalue weighted by Crippen LogP contribution is 2.33. The number of rotatable bonds is 7. The van der Waals surface area contributed by atoms with Crippen molar-refractivity contribution in [2.75, 3.05) is 44.7 Å². The summed E-state index contributed by atoms with van der Waals surface area (Å²) in [4.78, 5) is 27.4. The summed E-state index contributed by atoms with van der Waals surface area (Å²) in [7, 11) is 1.81. The molecule has 0 unspecified atom stereocenters. The van der Waals surface area contributed by atoms with Gasteiger partial charge >= 0.3 is 0 Å². The molecule has 0 atom stereocenters. The minimum Gasteiger partial charge on any atom is -0.494 e. The van der Waals surface area contributed by atoms with Gasteiger partial charge in [-0.15, -0.1) is 0 Å². The molecule has 5 rings (SSSR count). The number of H-pyrrole nitrogens is 1. The minimum atomic E-state index is 0.0334. The summed E-state index contributed by atoms with van der Waals surface area (Å²) in [5, 5.41) is 12.3. The maximum atomic E-state index is 13.0. The number of carbonyl (C=O) groups is 1. The first-order valence-corrected chi connectivity index (χ1v) is 13.7. The van der Waals surface area contributed by atoms with Crippen LogP contribution in [0.15, 0.2) is 77.8 Å². The average molecular weight is 544 g/mol. The summed E-state index contributed by atoms with van der Waals surface area (Å²) >= 11 is 6.18. The van der Waals surface area contributed by atoms with E-state index in [1.807, 2.05) is 67.7 Å². The summed E-state index contributed by atoms with van der Waals surface area (Å²) in [6, 6.07) is 23.4. The Morgan fingerprint density at radius 3 is 2.38 bits per heavy atom. The molecule has 1 aliphatic heterocycles. The van der Waals surface area contributed by atoms with Gasteiger partial charge in [0.05, 0.1) is 29.0 Å². The first-order chi connectivity index (χ1) is 18.8. The molecule has 39 heavy (non-hydrogen) atoms. The third kappa shape index (κ3) is 6.01. The van der Waals surface area contributed by atoms with Gasteiger partial charge in [-0.3, -0.25) is 14.6 Å². The zero-order chi connectivity index (χ0) is 27.5. The number of aromatic amines is 1. The van der Waals surface area contributed by atoms with E-state index in [1.165, 1.54) is 0 Å². The number of hydrogen-bond donors (Lipinski definition) is 2. The van der Waals surface area contributed by atoms with Crippen molar-refractivity contribution in [1.29, 1.82) is 0 Å². The number of nitrogens with one attached hydrogen (secondary N) is 1. The molecular weight excluding hydrogens is 510 g/mol. The van der Waals surface area contributed by atoms with Crippen LogP contribution in [0.3, 0.4) is 0 Å². The van der Waals surface area contributed by atoms with Crippen LogP contribution in [0, 0.1) is 0 Å². The summed E-state index contributed by atoms with van der Waals surface area (Å²) in [6.45, 7) is 8.62. The molecule has 0 bridgehead atoms. The number of anilines is 1. The van der Waals surface area contributed by atoms with Crippen molar-refractivity contribution in [2.45, 2.75) is 19.9 Å². The number of amides is 1. The fourth-order valence-electron chi connectivity index (χ4n) is 5.02. The molecule has 202 valence electrons. The SMILES string of the molecule is CC(C)N1CCN(CC(=O)N(C)c2ccc(N=C(c3ccccc3)c3c(O)[nH]c4cc(Cl)ccc34)cc2)CC1. The van der Waals surface area contributed by atoms with E-state index in [-0.39, 0.29) is 11.8 Å². The van der Waals surface area contributed by atoms with Crippen LogP contribution in [0.1, 0.15) is 25.0 Å². The highest BCUT2D eigenvalue weighted by Gasteiger charge is 2.22. The fourth-order valence-corrected chi connectivity index (χ4v) is 5.19. The van der Waals surface area contributed by atoms with Gasteiger partial charge in [0, 0.05) is 60.9 Å². The molecular formula is C31H34ClN5O2. The lowest BCUT2D eigenvalue weighted by atomic mass is 10.0. The molecule has 2 heterocycles. The van der Waals surface area contributed by atoms with Gasteiger partial charge in [-0.25, -0.2) is 4.99 Å². The summed E-state index contributed by atoms with van der Waals surface area (Å²) in [6.07, 6.45) is 0. The molecule has 0 spiro atoms. The Morgan fingerprint density at radius 1 is 1.03 bits per heavy atom. The first kappa shape index (κ1) is 26.9. The second kappa shape index (κ2) is 11.6. The van der Waals surface area contributed by atoms with Gasteiger partial charge in [0.1, 0.15) is 0 Å². The van der Waals surface area contributed by atoms with Gasteiger partial charge in [0.2, 0.25) is 5.91 Å². The number of aromatic nitrogens is 1. The van der Waals surface area contributed by atoms with E-state index in [0.29, 0.717) is 34.6 Å². The van der Waals surface area contributed by atoms with Crippen molar-refractivity contribution < 1.29 is 9.90 Å². The Morgan fingerprint density at radius 2 is 1.72 bits per heavy atom. The van der Waals surface area contributed by atoms with Gasteiger partial charge in [-0.2, -0.15) is 0 Å². The lowest BCUT2D eigenvalue weighted by Crippen LogP contribution is -2.51. The number of piperazine rings is 1. The first-order valence-electron chi connectivity index (χ1n) is 13.3. The van der Waals surface area contributed by atoms with E-state index in [0.717, 1.165) is 48.3 Å². The number of carbonyl (C=O) groups excluding carboxylic acids is 1. The van der Waals surface area contributed by atoms with Crippen LogP contribution in [0.4, 0.5) is 11.4 Å². The molecule has 3 aromatic carbocycles. The van der Waals surface area contributed by atoms with Gasteiger partial charge < -0.3 is 15.0 Å². The maximum absolute atomic E-state index is 13.0. The molecule has 7 nitrogen and oxygen atoms in total. The van der Waals surface area contributed by atoms with Crippen LogP contribution in [-0.4, -0.2) is 77.3 Å². The second-order valence-electron chi connectivity index (χ2n) is 10.2. The minimum absolute atomic E-state index is 0.0334. The van der Waals surface area contributed by atoms with Crippen molar-refractivity contribution in [3.63, 3.8) is 0 Å². The predicted octanol–water partition coefficient (Wildman–Crippen LogP) is 5.68. The topological polar surface area (TPSA) is 75.2 Å². The molecule has 1 amide bonds. The number of hydrogen-bond acceptors (Lipinski definition) is 5. The molecule has 1 saturated heterocycles. The molecule has 2 N–H and O–H groups in total. The van der Waals surface area contributed by atoms with Crippen LogP contribution in [-0.2, 0) is 4.79 Å². The second-order valence-corrected chi connectivity index (χ2v) is 10.7. The Labute approximate surface area is 234 Å². The van der Waals surface area contributed by atoms with E-state index >= 15 is 0 Å². The van der Waals surface area contributed by atoms with E-state index in [4.69, 9.17) is 16.6 Å². The van der Waals surface area contributed by atoms with Crippen LogP contribution in [0.25, 0.3) is 10.9 Å². The fraction of sp³-hybridized carbons (Fsp3) is 0.290. The average Bonchev–Trinajstić information content (AvgIpc) is 3.26. The lowest BCUT2D eigenvalue weighted by molar-refractivity contribution is -0.119. The molecule has 0 saturated carbocycles. The predicted molar refractivity (Wildman–Crippen MR) is 160 cm³/mol. The maximum Gasteiger partial charge on any atom is 0.240 e. The number of nitrogens with zero attached hydrogens (tertiary/aromatic N) is 4. The highest BCUT2D eigenvalue weighted by molar-refractivity contribution is 6.31. The van der Waals surface area contributed by atoms with E-state index in [2.05, 4.69) is 28.6 Å². The van der Waals surface area contributed by atoms with Crippen LogP contribution in [0.2, 0.25) is 5.02 Å². The molecule has 0 aliphatic carbocycles. The van der Waals surface area contributed by atoms with Crippen molar-refractivity contribution in [3.05, 3.63) is 88.9 Å². The Bertz CT molecular complexity index is 1470.